The van der Waals surface area contributed by atoms with Crippen LogP contribution in [0.15, 0.2) is 42.5 Å². The normalized spacial score (nSPS) is 13.0. The molecule has 2 amide bonds. The summed E-state index contributed by atoms with van der Waals surface area (Å²) in [6, 6.07) is 8.36. The van der Waals surface area contributed by atoms with E-state index in [-0.39, 0.29) is 18.3 Å². The Bertz CT molecular complexity index is 1160. The molecule has 2 aromatic carbocycles. The van der Waals surface area contributed by atoms with E-state index in [4.69, 9.17) is 4.74 Å². The molecule has 2 atom stereocenters. The Labute approximate surface area is 204 Å². The Balaban J connectivity index is 2.42. The van der Waals surface area contributed by atoms with E-state index < -0.39 is 46.1 Å². The van der Waals surface area contributed by atoms with Gasteiger partial charge in [0.2, 0.25) is 21.8 Å². The first-order valence-electron chi connectivity index (χ1n) is 11.0. The second-order valence-corrected chi connectivity index (χ2v) is 10.1. The third-order valence-electron chi connectivity index (χ3n) is 5.53. The lowest BCUT2D eigenvalue weighted by Crippen LogP contribution is -2.52. The number of hydrogen-bond acceptors (Lipinski definition) is 5. The molecule has 35 heavy (non-hydrogen) atoms. The van der Waals surface area contributed by atoms with Crippen molar-refractivity contribution in [2.24, 2.45) is 0 Å². The SMILES string of the molecule is CCC(C)NC(=O)C(C)N(Cc1cccc(OC)c1)C(=O)CN(c1ccc(F)c(F)c1)S(C)(=O)=O. The largest absolute Gasteiger partial charge is 0.497 e. The number of nitrogens with one attached hydrogen (secondary N) is 1. The molecule has 0 aliphatic carbocycles. The second-order valence-electron chi connectivity index (χ2n) is 8.24. The average molecular weight is 512 g/mol. The van der Waals surface area contributed by atoms with Gasteiger partial charge in [-0.05, 0) is 50.1 Å². The van der Waals surface area contributed by atoms with Crippen LogP contribution in [0.2, 0.25) is 0 Å². The topological polar surface area (TPSA) is 96.0 Å². The quantitative estimate of drug-likeness (QED) is 0.500. The van der Waals surface area contributed by atoms with Gasteiger partial charge in [0.15, 0.2) is 11.6 Å². The highest BCUT2D eigenvalue weighted by molar-refractivity contribution is 7.92. The molecule has 2 rings (SSSR count). The van der Waals surface area contributed by atoms with Crippen LogP contribution in [0.1, 0.15) is 32.8 Å². The van der Waals surface area contributed by atoms with Crippen LogP contribution in [0, 0.1) is 11.6 Å². The third kappa shape index (κ3) is 7.64. The monoisotopic (exact) mass is 511 g/mol. The number of nitrogens with zero attached hydrogens (tertiary/aromatic N) is 2. The number of amides is 2. The number of ether oxygens (including phenoxy) is 1. The number of carbonyl (C=O) groups excluding carboxylic acids is 2. The van der Waals surface area contributed by atoms with E-state index in [1.54, 1.807) is 24.3 Å². The van der Waals surface area contributed by atoms with E-state index in [0.29, 0.717) is 28.1 Å². The van der Waals surface area contributed by atoms with Crippen molar-refractivity contribution in [3.05, 3.63) is 59.7 Å². The fourth-order valence-corrected chi connectivity index (χ4v) is 4.11. The van der Waals surface area contributed by atoms with Crippen molar-refractivity contribution in [2.75, 3.05) is 24.2 Å². The molecule has 2 unspecified atom stereocenters. The smallest absolute Gasteiger partial charge is 0.244 e. The molecule has 0 radical (unpaired) electrons. The molecule has 11 heteroatoms. The molecule has 0 aliphatic rings. The number of rotatable bonds is 11. The molecule has 0 saturated heterocycles. The van der Waals surface area contributed by atoms with Crippen LogP contribution in [0.3, 0.4) is 0 Å². The van der Waals surface area contributed by atoms with Gasteiger partial charge in [-0.15, -0.1) is 0 Å². The zero-order valence-corrected chi connectivity index (χ0v) is 21.2. The molecule has 0 heterocycles. The van der Waals surface area contributed by atoms with E-state index in [1.807, 2.05) is 13.8 Å². The highest BCUT2D eigenvalue weighted by atomic mass is 32.2. The minimum absolute atomic E-state index is 0.0134. The summed E-state index contributed by atoms with van der Waals surface area (Å²) in [5.41, 5.74) is 0.442. The first-order valence-corrected chi connectivity index (χ1v) is 12.9. The molecule has 8 nitrogen and oxygen atoms in total. The standard InChI is InChI=1S/C24H31F2N3O5S/c1-6-16(2)27-24(31)17(3)28(14-18-8-7-9-20(12-18)34-4)23(30)15-29(35(5,32)33)19-10-11-21(25)22(26)13-19/h7-13,16-17H,6,14-15H2,1-5H3,(H,27,31). The number of carbonyl (C=O) groups is 2. The molecule has 0 spiro atoms. The van der Waals surface area contributed by atoms with E-state index in [0.717, 1.165) is 18.4 Å². The minimum Gasteiger partial charge on any atom is -0.497 e. The van der Waals surface area contributed by atoms with Crippen molar-refractivity contribution < 1.29 is 31.5 Å². The van der Waals surface area contributed by atoms with Crippen molar-refractivity contribution in [3.8, 4) is 5.75 Å². The lowest BCUT2D eigenvalue weighted by molar-refractivity contribution is -0.139. The molecule has 2 aromatic rings. The molecule has 0 aromatic heterocycles. The van der Waals surface area contributed by atoms with Gasteiger partial charge in [-0.2, -0.15) is 0 Å². The maximum Gasteiger partial charge on any atom is 0.244 e. The van der Waals surface area contributed by atoms with Gasteiger partial charge in [0.05, 0.1) is 19.1 Å². The highest BCUT2D eigenvalue weighted by Crippen LogP contribution is 2.22. The molecule has 192 valence electrons. The van der Waals surface area contributed by atoms with Crippen LogP contribution in [0.4, 0.5) is 14.5 Å². The van der Waals surface area contributed by atoms with Gasteiger partial charge < -0.3 is 15.0 Å². The molecule has 0 fully saturated rings. The van der Waals surface area contributed by atoms with Gasteiger partial charge in [-0.3, -0.25) is 13.9 Å². The van der Waals surface area contributed by atoms with Crippen LogP contribution in [0.5, 0.6) is 5.75 Å². The van der Waals surface area contributed by atoms with E-state index >= 15 is 0 Å². The Kier molecular flexibility index (Phi) is 9.58. The van der Waals surface area contributed by atoms with Crippen LogP contribution < -0.4 is 14.4 Å². The fraction of sp³-hybridized carbons (Fsp3) is 0.417. The van der Waals surface area contributed by atoms with E-state index in [9.17, 15) is 26.8 Å². The average Bonchev–Trinajstić information content (AvgIpc) is 2.81. The lowest BCUT2D eigenvalue weighted by Gasteiger charge is -2.32. The summed E-state index contributed by atoms with van der Waals surface area (Å²) in [5, 5.41) is 2.82. The van der Waals surface area contributed by atoms with Gasteiger partial charge in [0.25, 0.3) is 0 Å². The van der Waals surface area contributed by atoms with Crippen molar-refractivity contribution >= 4 is 27.5 Å². The number of halogens is 2. The molecule has 0 bridgehead atoms. The summed E-state index contributed by atoms with van der Waals surface area (Å²) in [4.78, 5) is 27.5. The molecule has 1 N–H and O–H groups in total. The van der Waals surface area contributed by atoms with Crippen molar-refractivity contribution in [3.63, 3.8) is 0 Å². The summed E-state index contributed by atoms with van der Waals surface area (Å²) in [7, 11) is -2.56. The summed E-state index contributed by atoms with van der Waals surface area (Å²) >= 11 is 0. The number of hydrogen-bond donors (Lipinski definition) is 1. The lowest BCUT2D eigenvalue weighted by atomic mass is 10.1. The summed E-state index contributed by atoms with van der Waals surface area (Å²) in [5.74, 6) is -2.96. The van der Waals surface area contributed by atoms with Crippen LogP contribution in [0.25, 0.3) is 0 Å². The van der Waals surface area contributed by atoms with Crippen LogP contribution in [-0.2, 0) is 26.2 Å². The van der Waals surface area contributed by atoms with Crippen LogP contribution >= 0.6 is 0 Å². The first-order chi connectivity index (χ1) is 16.4. The second kappa shape index (κ2) is 12.0. The maximum atomic E-state index is 13.8. The summed E-state index contributed by atoms with van der Waals surface area (Å²) < 4.78 is 58.0. The predicted molar refractivity (Wildman–Crippen MR) is 129 cm³/mol. The van der Waals surface area contributed by atoms with Crippen molar-refractivity contribution in [1.82, 2.24) is 10.2 Å². The maximum absolute atomic E-state index is 13.8. The van der Waals surface area contributed by atoms with E-state index in [1.165, 1.54) is 18.9 Å². The summed E-state index contributed by atoms with van der Waals surface area (Å²) in [6.07, 6.45) is 1.54. The highest BCUT2D eigenvalue weighted by Gasteiger charge is 2.30. The molecular weight excluding hydrogens is 480 g/mol. The molecular formula is C24H31F2N3O5S. The zero-order chi connectivity index (χ0) is 26.3. The van der Waals surface area contributed by atoms with Crippen LogP contribution in [-0.4, -0.2) is 57.1 Å². The van der Waals surface area contributed by atoms with Gasteiger partial charge in [0, 0.05) is 18.7 Å². The Morgan fingerprint density at radius 3 is 2.34 bits per heavy atom. The zero-order valence-electron chi connectivity index (χ0n) is 20.4. The Morgan fingerprint density at radius 2 is 1.77 bits per heavy atom. The van der Waals surface area contributed by atoms with Gasteiger partial charge in [0.1, 0.15) is 18.3 Å². The first kappa shape index (κ1) is 28.0. The van der Waals surface area contributed by atoms with Gasteiger partial charge in [-0.25, -0.2) is 17.2 Å². The van der Waals surface area contributed by atoms with Crippen molar-refractivity contribution in [1.29, 1.82) is 0 Å². The third-order valence-corrected chi connectivity index (χ3v) is 6.67. The molecule has 0 saturated carbocycles. The number of sulfonamides is 1. The fourth-order valence-electron chi connectivity index (χ4n) is 3.27. The number of methoxy groups -OCH3 is 1. The Morgan fingerprint density at radius 1 is 1.09 bits per heavy atom. The van der Waals surface area contributed by atoms with Gasteiger partial charge in [-0.1, -0.05) is 19.1 Å². The minimum atomic E-state index is -4.05. The summed E-state index contributed by atoms with van der Waals surface area (Å²) in [6.45, 7) is 4.54. The van der Waals surface area contributed by atoms with Crippen molar-refractivity contribution in [2.45, 2.75) is 45.8 Å². The predicted octanol–water partition coefficient (Wildman–Crippen LogP) is 3.07. The Hall–Kier alpha value is -3.21. The number of anilines is 1. The number of benzene rings is 2. The molecule has 0 aliphatic heterocycles. The van der Waals surface area contributed by atoms with E-state index in [2.05, 4.69) is 5.32 Å². The van der Waals surface area contributed by atoms with Gasteiger partial charge >= 0.3 is 0 Å².